The third kappa shape index (κ3) is 5.37. The van der Waals surface area contributed by atoms with Gasteiger partial charge in [0.15, 0.2) is 17.5 Å². The fourth-order valence-corrected chi connectivity index (χ4v) is 7.86. The Bertz CT molecular complexity index is 3240. The molecule has 0 aliphatic carbocycles. The standard InChI is InChI=1S/C51H31N3O2/c1-3-13-32(14-4-1)36-17-11-18-37(31-36)51-53-49(34-15-5-2-6-16-34)52-50(54-51)35-27-25-33(26-28-35)38-29-30-42(48-46(38)43-20-8-10-24-45(43)56-48)41-22-12-21-40-39-19-7-9-23-44(39)55-47(40)41/h1-31H. The first kappa shape index (κ1) is 31.9. The molecule has 0 radical (unpaired) electrons. The summed E-state index contributed by atoms with van der Waals surface area (Å²) in [6, 6.07) is 64.4. The van der Waals surface area contributed by atoms with Gasteiger partial charge in [-0.25, -0.2) is 15.0 Å². The fraction of sp³-hybridized carbons (Fsp3) is 0. The molecular weight excluding hydrogens is 687 g/mol. The van der Waals surface area contributed by atoms with Crippen LogP contribution in [-0.4, -0.2) is 15.0 Å². The van der Waals surface area contributed by atoms with Crippen LogP contribution in [0.15, 0.2) is 197 Å². The van der Waals surface area contributed by atoms with Crippen molar-refractivity contribution in [1.29, 1.82) is 0 Å². The van der Waals surface area contributed by atoms with Crippen LogP contribution in [0.1, 0.15) is 0 Å². The second-order valence-electron chi connectivity index (χ2n) is 13.9. The monoisotopic (exact) mass is 717 g/mol. The predicted octanol–water partition coefficient (Wildman–Crippen LogP) is 13.7. The summed E-state index contributed by atoms with van der Waals surface area (Å²) in [6.45, 7) is 0. The van der Waals surface area contributed by atoms with Gasteiger partial charge in [-0.15, -0.1) is 0 Å². The number of benzene rings is 8. The molecule has 0 fully saturated rings. The molecule has 0 aliphatic heterocycles. The van der Waals surface area contributed by atoms with Crippen molar-refractivity contribution in [3.05, 3.63) is 188 Å². The molecule has 8 aromatic carbocycles. The van der Waals surface area contributed by atoms with Gasteiger partial charge in [0, 0.05) is 49.4 Å². The van der Waals surface area contributed by atoms with E-state index in [0.29, 0.717) is 17.5 Å². The van der Waals surface area contributed by atoms with Gasteiger partial charge in [0.2, 0.25) is 0 Å². The number of rotatable bonds is 6. The van der Waals surface area contributed by atoms with Gasteiger partial charge in [0.1, 0.15) is 22.3 Å². The van der Waals surface area contributed by atoms with Gasteiger partial charge in [-0.05, 0) is 46.5 Å². The number of nitrogens with zero attached hydrogens (tertiary/aromatic N) is 3. The lowest BCUT2D eigenvalue weighted by molar-refractivity contribution is 0.665. The smallest absolute Gasteiger partial charge is 0.164 e. The van der Waals surface area contributed by atoms with Crippen LogP contribution in [-0.2, 0) is 0 Å². The van der Waals surface area contributed by atoms with Gasteiger partial charge in [-0.1, -0.05) is 164 Å². The highest BCUT2D eigenvalue weighted by Gasteiger charge is 2.21. The van der Waals surface area contributed by atoms with E-state index in [-0.39, 0.29) is 0 Å². The minimum Gasteiger partial charge on any atom is -0.455 e. The lowest BCUT2D eigenvalue weighted by Crippen LogP contribution is -2.00. The summed E-state index contributed by atoms with van der Waals surface area (Å²) < 4.78 is 13.2. The molecule has 0 spiro atoms. The van der Waals surface area contributed by atoms with Gasteiger partial charge >= 0.3 is 0 Å². The first-order chi connectivity index (χ1) is 27.7. The van der Waals surface area contributed by atoms with Crippen molar-refractivity contribution in [2.75, 3.05) is 0 Å². The molecule has 0 aliphatic rings. The topological polar surface area (TPSA) is 65.0 Å². The zero-order valence-corrected chi connectivity index (χ0v) is 30.1. The summed E-state index contributed by atoms with van der Waals surface area (Å²) in [6.07, 6.45) is 0. The first-order valence-electron chi connectivity index (χ1n) is 18.7. The summed E-state index contributed by atoms with van der Waals surface area (Å²) in [7, 11) is 0. The number of aromatic nitrogens is 3. The van der Waals surface area contributed by atoms with E-state index >= 15 is 0 Å². The normalized spacial score (nSPS) is 11.6. The van der Waals surface area contributed by atoms with Crippen LogP contribution < -0.4 is 0 Å². The molecule has 262 valence electrons. The molecule has 3 aromatic heterocycles. The maximum absolute atomic E-state index is 6.69. The molecule has 0 bridgehead atoms. The molecule has 5 heteroatoms. The number of para-hydroxylation sites is 3. The Labute approximate surface area is 322 Å². The maximum Gasteiger partial charge on any atom is 0.164 e. The molecule has 0 saturated heterocycles. The van der Waals surface area contributed by atoms with Crippen LogP contribution in [0.4, 0.5) is 0 Å². The van der Waals surface area contributed by atoms with Crippen LogP contribution in [0.25, 0.3) is 111 Å². The molecule has 11 aromatic rings. The van der Waals surface area contributed by atoms with Crippen LogP contribution in [0.5, 0.6) is 0 Å². The van der Waals surface area contributed by atoms with E-state index in [1.807, 2.05) is 66.7 Å². The van der Waals surface area contributed by atoms with Gasteiger partial charge in [0.25, 0.3) is 0 Å². The minimum atomic E-state index is 0.610. The summed E-state index contributed by atoms with van der Waals surface area (Å²) >= 11 is 0. The fourth-order valence-electron chi connectivity index (χ4n) is 7.86. The quantitative estimate of drug-likeness (QED) is 0.171. The van der Waals surface area contributed by atoms with Gasteiger partial charge in [-0.3, -0.25) is 0 Å². The van der Waals surface area contributed by atoms with Crippen LogP contribution in [0, 0.1) is 0 Å². The molecular formula is C51H31N3O2. The molecule has 0 amide bonds. The second-order valence-corrected chi connectivity index (χ2v) is 13.9. The van der Waals surface area contributed by atoms with E-state index in [1.54, 1.807) is 0 Å². The zero-order chi connectivity index (χ0) is 37.0. The van der Waals surface area contributed by atoms with E-state index in [2.05, 4.69) is 121 Å². The number of hydrogen-bond acceptors (Lipinski definition) is 5. The average Bonchev–Trinajstić information content (AvgIpc) is 3.86. The Morgan fingerprint density at radius 3 is 1.52 bits per heavy atom. The van der Waals surface area contributed by atoms with Crippen molar-refractivity contribution in [1.82, 2.24) is 15.0 Å². The SMILES string of the molecule is c1ccc(-c2cccc(-c3nc(-c4ccccc4)nc(-c4ccc(-c5ccc(-c6cccc7c6oc6ccccc67)c6oc7ccccc7c56)cc4)n3)c2)cc1. The second kappa shape index (κ2) is 13.0. The van der Waals surface area contributed by atoms with Crippen molar-refractivity contribution < 1.29 is 8.83 Å². The van der Waals surface area contributed by atoms with Crippen molar-refractivity contribution in [3.63, 3.8) is 0 Å². The molecule has 3 heterocycles. The molecule has 0 unspecified atom stereocenters. The molecule has 0 N–H and O–H groups in total. The highest BCUT2D eigenvalue weighted by molar-refractivity contribution is 6.18. The summed E-state index contributed by atoms with van der Waals surface area (Å²) in [5.74, 6) is 1.86. The van der Waals surface area contributed by atoms with Gasteiger partial charge in [0.05, 0.1) is 0 Å². The number of hydrogen-bond donors (Lipinski definition) is 0. The van der Waals surface area contributed by atoms with E-state index < -0.39 is 0 Å². The molecule has 0 saturated carbocycles. The number of furan rings is 2. The van der Waals surface area contributed by atoms with Crippen LogP contribution in [0.3, 0.4) is 0 Å². The lowest BCUT2D eigenvalue weighted by atomic mass is 9.93. The Kier molecular flexibility index (Phi) is 7.42. The predicted molar refractivity (Wildman–Crippen MR) is 227 cm³/mol. The van der Waals surface area contributed by atoms with E-state index in [9.17, 15) is 0 Å². The first-order valence-corrected chi connectivity index (χ1v) is 18.7. The van der Waals surface area contributed by atoms with Gasteiger partial charge < -0.3 is 8.83 Å². The molecule has 5 nitrogen and oxygen atoms in total. The minimum absolute atomic E-state index is 0.610. The zero-order valence-electron chi connectivity index (χ0n) is 30.1. The maximum atomic E-state index is 6.69. The summed E-state index contributed by atoms with van der Waals surface area (Å²) in [4.78, 5) is 15.0. The van der Waals surface area contributed by atoms with Crippen LogP contribution >= 0.6 is 0 Å². The van der Waals surface area contributed by atoms with E-state index in [1.165, 1.54) is 0 Å². The summed E-state index contributed by atoms with van der Waals surface area (Å²) in [5, 5.41) is 4.31. The Morgan fingerprint density at radius 1 is 0.286 bits per heavy atom. The Hall–Kier alpha value is -7.63. The van der Waals surface area contributed by atoms with Crippen molar-refractivity contribution in [3.8, 4) is 67.5 Å². The lowest BCUT2D eigenvalue weighted by Gasteiger charge is -2.11. The van der Waals surface area contributed by atoms with Crippen molar-refractivity contribution in [2.24, 2.45) is 0 Å². The van der Waals surface area contributed by atoms with E-state index in [4.69, 9.17) is 23.8 Å². The number of fused-ring (bicyclic) bond motifs is 6. The molecule has 0 atom stereocenters. The Balaban J connectivity index is 1.04. The molecule has 56 heavy (non-hydrogen) atoms. The van der Waals surface area contributed by atoms with Crippen LogP contribution in [0.2, 0.25) is 0 Å². The largest absolute Gasteiger partial charge is 0.455 e. The van der Waals surface area contributed by atoms with E-state index in [0.717, 1.165) is 93.9 Å². The Morgan fingerprint density at radius 2 is 0.768 bits per heavy atom. The summed E-state index contributed by atoms with van der Waals surface area (Å²) in [5.41, 5.74) is 12.5. The van der Waals surface area contributed by atoms with Crippen molar-refractivity contribution in [2.45, 2.75) is 0 Å². The van der Waals surface area contributed by atoms with Crippen molar-refractivity contribution >= 4 is 43.9 Å². The third-order valence-corrected chi connectivity index (χ3v) is 10.6. The third-order valence-electron chi connectivity index (χ3n) is 10.6. The highest BCUT2D eigenvalue weighted by atomic mass is 16.3. The molecule has 11 rings (SSSR count). The average molecular weight is 718 g/mol. The van der Waals surface area contributed by atoms with Gasteiger partial charge in [-0.2, -0.15) is 0 Å². The highest BCUT2D eigenvalue weighted by Crippen LogP contribution is 2.44.